The van der Waals surface area contributed by atoms with Crippen molar-refractivity contribution in [2.45, 2.75) is 149 Å². The van der Waals surface area contributed by atoms with Crippen LogP contribution in [0.15, 0.2) is 29.4 Å². The van der Waals surface area contributed by atoms with Crippen molar-refractivity contribution in [1.82, 2.24) is 5.48 Å². The van der Waals surface area contributed by atoms with Gasteiger partial charge in [-0.1, -0.05) is 98.1 Å². The molecule has 0 spiro atoms. The van der Waals surface area contributed by atoms with Crippen LogP contribution in [-0.4, -0.2) is 64.9 Å². The molecule has 1 unspecified atom stereocenters. The monoisotopic (exact) mass is 702 g/mol. The van der Waals surface area contributed by atoms with Crippen molar-refractivity contribution in [3.05, 3.63) is 35.6 Å². The van der Waals surface area contributed by atoms with E-state index in [9.17, 15) is 4.39 Å². The minimum Gasteiger partial charge on any atom is -0.415 e. The lowest BCUT2D eigenvalue weighted by molar-refractivity contribution is -0.0316. The molecule has 0 aliphatic heterocycles. The Labute approximate surface area is 281 Å². The SMILES string of the molecule is C/C(CO[Si](C)(C)C(C)(C)C)=N\OCC[Si](C)(C)C.CC(CO[Si](C)(C)C(C)(C)C)(NOCC[Si](C)(C)C)c1ccc(F)cc1. The summed E-state index contributed by atoms with van der Waals surface area (Å²) in [7, 11) is -5.75. The molecule has 1 atom stereocenters. The minimum atomic E-state index is -1.90. The van der Waals surface area contributed by atoms with E-state index in [1.54, 1.807) is 12.1 Å². The van der Waals surface area contributed by atoms with Gasteiger partial charge in [-0.2, -0.15) is 5.48 Å². The Morgan fingerprint density at radius 3 is 1.60 bits per heavy atom. The zero-order chi connectivity index (χ0) is 35.5. The number of rotatable bonds is 16. The smallest absolute Gasteiger partial charge is 0.192 e. The first kappa shape index (κ1) is 44.3. The van der Waals surface area contributed by atoms with E-state index in [-0.39, 0.29) is 15.9 Å². The number of hydrogen-bond acceptors (Lipinski definition) is 6. The number of nitrogens with zero attached hydrogens (tertiary/aromatic N) is 1. The molecular formula is C34H71FN2O4Si4. The summed E-state index contributed by atoms with van der Waals surface area (Å²) in [6, 6.07) is 8.82. The van der Waals surface area contributed by atoms with Crippen LogP contribution in [0.1, 0.15) is 61.0 Å². The van der Waals surface area contributed by atoms with Gasteiger partial charge in [-0.3, -0.25) is 0 Å². The predicted octanol–water partition coefficient (Wildman–Crippen LogP) is 10.7. The Hall–Kier alpha value is -0.672. The minimum absolute atomic E-state index is 0.134. The van der Waals surface area contributed by atoms with E-state index in [2.05, 4.69) is 125 Å². The molecule has 1 rings (SSSR count). The highest BCUT2D eigenvalue weighted by Crippen LogP contribution is 2.38. The van der Waals surface area contributed by atoms with Crippen LogP contribution in [0.2, 0.25) is 87.6 Å². The van der Waals surface area contributed by atoms with E-state index >= 15 is 0 Å². The topological polar surface area (TPSA) is 61.3 Å². The molecule has 0 aliphatic carbocycles. The van der Waals surface area contributed by atoms with Crippen LogP contribution in [0.3, 0.4) is 0 Å². The van der Waals surface area contributed by atoms with Crippen LogP contribution in [0.4, 0.5) is 4.39 Å². The van der Waals surface area contributed by atoms with Crippen molar-refractivity contribution in [3.63, 3.8) is 0 Å². The van der Waals surface area contributed by atoms with Crippen molar-refractivity contribution < 1.29 is 22.9 Å². The summed E-state index contributed by atoms with van der Waals surface area (Å²) in [5.41, 5.74) is 4.59. The Balaban J connectivity index is 0.000000907. The highest BCUT2D eigenvalue weighted by atomic mass is 28.4. The second-order valence-corrected chi connectivity index (χ2v) is 39.0. The number of halogens is 1. The lowest BCUT2D eigenvalue weighted by Gasteiger charge is -2.40. The zero-order valence-electron chi connectivity index (χ0n) is 32.5. The normalized spacial score (nSPS) is 15.3. The summed E-state index contributed by atoms with van der Waals surface area (Å²) >= 11 is 0. The molecule has 0 saturated carbocycles. The van der Waals surface area contributed by atoms with Crippen LogP contribution in [-0.2, 0) is 24.1 Å². The van der Waals surface area contributed by atoms with Gasteiger partial charge in [0.05, 0.1) is 31.1 Å². The van der Waals surface area contributed by atoms with Gasteiger partial charge in [-0.05, 0) is 79.9 Å². The Bertz CT molecular complexity index is 1030. The molecule has 0 aromatic heterocycles. The molecule has 1 aromatic carbocycles. The van der Waals surface area contributed by atoms with Crippen LogP contribution in [0.5, 0.6) is 0 Å². The van der Waals surface area contributed by atoms with Crippen LogP contribution < -0.4 is 5.48 Å². The first-order valence-electron chi connectivity index (χ1n) is 16.6. The van der Waals surface area contributed by atoms with Gasteiger partial charge in [-0.25, -0.2) is 4.39 Å². The van der Waals surface area contributed by atoms with Crippen molar-refractivity contribution in [3.8, 4) is 0 Å². The zero-order valence-corrected chi connectivity index (χ0v) is 36.5. The maximum absolute atomic E-state index is 13.4. The standard InChI is InChI=1S/C20H38FNO2Si2.C14H33NO2Si2/c1-19(2,3)26(8,9)24-16-20(4,17-10-12-18(21)13-11-17)22-23-14-15-25(5,6)7;1-13(15-16-10-11-18(5,6)7)12-17-19(8,9)14(2,3)4/h10-13,22H,14-16H2,1-9H3;10-12H2,1-9H3/b;15-13+. The maximum atomic E-state index is 13.4. The number of oxime groups is 1. The van der Waals surface area contributed by atoms with Crippen molar-refractivity contribution in [2.24, 2.45) is 5.16 Å². The number of hydroxylamine groups is 1. The number of nitrogens with one attached hydrogen (secondary N) is 1. The van der Waals surface area contributed by atoms with Gasteiger partial charge in [0.1, 0.15) is 12.4 Å². The molecule has 0 saturated heterocycles. The second kappa shape index (κ2) is 17.6. The fourth-order valence-corrected chi connectivity index (χ4v) is 6.64. The van der Waals surface area contributed by atoms with Gasteiger partial charge in [0.25, 0.3) is 0 Å². The molecule has 0 amide bonds. The average molecular weight is 703 g/mol. The fraction of sp³-hybridized carbons (Fsp3) is 0.794. The van der Waals surface area contributed by atoms with Crippen LogP contribution >= 0.6 is 0 Å². The van der Waals surface area contributed by atoms with Gasteiger partial charge < -0.3 is 18.5 Å². The van der Waals surface area contributed by atoms with Gasteiger partial charge in [0, 0.05) is 16.1 Å². The van der Waals surface area contributed by atoms with Crippen molar-refractivity contribution in [2.75, 3.05) is 26.4 Å². The predicted molar refractivity (Wildman–Crippen MR) is 205 cm³/mol. The quantitative estimate of drug-likeness (QED) is 0.0804. The third-order valence-electron chi connectivity index (χ3n) is 8.87. The van der Waals surface area contributed by atoms with E-state index in [0.717, 1.165) is 30.0 Å². The molecule has 0 bridgehead atoms. The second-order valence-electron chi connectivity index (χ2n) is 18.2. The summed E-state index contributed by atoms with van der Waals surface area (Å²) in [6.45, 7) is 42.9. The van der Waals surface area contributed by atoms with Crippen LogP contribution in [0.25, 0.3) is 0 Å². The Morgan fingerprint density at radius 2 is 1.16 bits per heavy atom. The molecule has 0 fully saturated rings. The number of hydrogen-bond donors (Lipinski definition) is 1. The van der Waals surface area contributed by atoms with Gasteiger partial charge in [0.2, 0.25) is 0 Å². The fourth-order valence-electron chi connectivity index (χ4n) is 3.13. The van der Waals surface area contributed by atoms with Gasteiger partial charge in [-0.15, -0.1) is 0 Å². The molecule has 0 heterocycles. The molecule has 45 heavy (non-hydrogen) atoms. The Morgan fingerprint density at radius 1 is 0.711 bits per heavy atom. The van der Waals surface area contributed by atoms with Crippen molar-refractivity contribution in [1.29, 1.82) is 0 Å². The van der Waals surface area contributed by atoms with E-state index in [1.165, 1.54) is 12.1 Å². The van der Waals surface area contributed by atoms with E-state index in [4.69, 9.17) is 18.5 Å². The highest BCUT2D eigenvalue weighted by molar-refractivity contribution is 6.76. The van der Waals surface area contributed by atoms with Crippen molar-refractivity contribution >= 4 is 38.5 Å². The summed E-state index contributed by atoms with van der Waals surface area (Å²) < 4.78 is 25.9. The highest BCUT2D eigenvalue weighted by Gasteiger charge is 2.40. The Kier molecular flexibility index (Phi) is 17.4. The molecular weight excluding hydrogens is 632 g/mol. The third-order valence-corrected chi connectivity index (χ3v) is 21.2. The molecule has 0 radical (unpaired) electrons. The average Bonchev–Trinajstić information content (AvgIpc) is 2.85. The molecule has 264 valence electrons. The lowest BCUT2D eigenvalue weighted by Crippen LogP contribution is -2.49. The summed E-state index contributed by atoms with van der Waals surface area (Å²) in [4.78, 5) is 11.2. The van der Waals surface area contributed by atoms with E-state index in [1.807, 2.05) is 6.92 Å². The van der Waals surface area contributed by atoms with E-state index < -0.39 is 38.3 Å². The summed E-state index contributed by atoms with van der Waals surface area (Å²) in [6.07, 6.45) is 0. The van der Waals surface area contributed by atoms with Gasteiger partial charge in [0.15, 0.2) is 16.6 Å². The molecule has 11 heteroatoms. The first-order chi connectivity index (χ1) is 20.0. The molecule has 1 aromatic rings. The number of benzene rings is 1. The third kappa shape index (κ3) is 18.5. The summed E-state index contributed by atoms with van der Waals surface area (Å²) in [5, 5.41) is 4.52. The maximum Gasteiger partial charge on any atom is 0.192 e. The van der Waals surface area contributed by atoms with Crippen LogP contribution in [0, 0.1) is 5.82 Å². The lowest BCUT2D eigenvalue weighted by atomic mass is 9.94. The first-order valence-corrected chi connectivity index (χ1v) is 29.8. The van der Waals surface area contributed by atoms with Gasteiger partial charge >= 0.3 is 0 Å². The largest absolute Gasteiger partial charge is 0.415 e. The summed E-state index contributed by atoms with van der Waals surface area (Å²) in [5.74, 6) is -0.235. The molecule has 0 aliphatic rings. The van der Waals surface area contributed by atoms with E-state index in [0.29, 0.717) is 19.8 Å². The molecule has 1 N–H and O–H groups in total. The molecule has 6 nitrogen and oxygen atoms in total.